The molecule has 96 valence electrons. The lowest BCUT2D eigenvalue weighted by Crippen LogP contribution is -1.96. The zero-order valence-corrected chi connectivity index (χ0v) is 11.7. The van der Waals surface area contributed by atoms with Crippen molar-refractivity contribution in [2.45, 2.75) is 19.2 Å². The number of benzene rings is 2. The standard InChI is InChI=1S/C17H15ClO/c1-11-7-8-13-5-3-4-6-15(13)16(11)17(18)14-9-12(2)19-10-14/h3-10,17H,1-2H3. The highest BCUT2D eigenvalue weighted by Crippen LogP contribution is 2.36. The van der Waals surface area contributed by atoms with E-state index in [0.717, 1.165) is 11.3 Å². The molecule has 1 heterocycles. The fourth-order valence-electron chi connectivity index (χ4n) is 2.50. The minimum absolute atomic E-state index is 0.177. The third-order valence-electron chi connectivity index (χ3n) is 3.49. The van der Waals surface area contributed by atoms with Crippen molar-refractivity contribution in [2.24, 2.45) is 0 Å². The number of rotatable bonds is 2. The molecule has 1 aromatic heterocycles. The van der Waals surface area contributed by atoms with E-state index in [-0.39, 0.29) is 5.38 Å². The lowest BCUT2D eigenvalue weighted by molar-refractivity contribution is 0.532. The minimum atomic E-state index is -0.177. The monoisotopic (exact) mass is 270 g/mol. The van der Waals surface area contributed by atoms with Gasteiger partial charge in [-0.1, -0.05) is 36.4 Å². The Kier molecular flexibility index (Phi) is 3.08. The number of fused-ring (bicyclic) bond motifs is 1. The van der Waals surface area contributed by atoms with Gasteiger partial charge in [-0.25, -0.2) is 0 Å². The lowest BCUT2D eigenvalue weighted by Gasteiger charge is -2.14. The normalized spacial score (nSPS) is 12.8. The molecule has 3 rings (SSSR count). The summed E-state index contributed by atoms with van der Waals surface area (Å²) in [5.41, 5.74) is 3.39. The van der Waals surface area contributed by atoms with E-state index >= 15 is 0 Å². The molecule has 0 saturated carbocycles. The maximum absolute atomic E-state index is 6.67. The number of alkyl halides is 1. The topological polar surface area (TPSA) is 13.1 Å². The van der Waals surface area contributed by atoms with Crippen molar-refractivity contribution in [3.8, 4) is 0 Å². The molecule has 0 N–H and O–H groups in total. The van der Waals surface area contributed by atoms with Crippen LogP contribution < -0.4 is 0 Å². The van der Waals surface area contributed by atoms with Crippen LogP contribution in [-0.2, 0) is 0 Å². The van der Waals surface area contributed by atoms with Crippen LogP contribution in [0, 0.1) is 13.8 Å². The van der Waals surface area contributed by atoms with E-state index in [1.807, 2.05) is 19.1 Å². The van der Waals surface area contributed by atoms with Gasteiger partial charge in [-0.15, -0.1) is 11.6 Å². The van der Waals surface area contributed by atoms with Gasteiger partial charge >= 0.3 is 0 Å². The van der Waals surface area contributed by atoms with Gasteiger partial charge < -0.3 is 4.42 Å². The molecule has 1 nitrogen and oxygen atoms in total. The second-order valence-electron chi connectivity index (χ2n) is 4.87. The Labute approximate surface area is 117 Å². The van der Waals surface area contributed by atoms with Crippen molar-refractivity contribution < 1.29 is 4.42 Å². The van der Waals surface area contributed by atoms with Gasteiger partial charge in [-0.05, 0) is 41.8 Å². The van der Waals surface area contributed by atoms with Crippen LogP contribution in [0.4, 0.5) is 0 Å². The molecule has 0 aliphatic carbocycles. The zero-order chi connectivity index (χ0) is 13.4. The van der Waals surface area contributed by atoms with Gasteiger partial charge in [0.05, 0.1) is 11.6 Å². The molecule has 0 bridgehead atoms. The van der Waals surface area contributed by atoms with Gasteiger partial charge in [0.25, 0.3) is 0 Å². The van der Waals surface area contributed by atoms with Crippen molar-refractivity contribution in [3.05, 3.63) is 71.2 Å². The van der Waals surface area contributed by atoms with E-state index in [1.54, 1.807) is 6.26 Å². The molecule has 3 aromatic rings. The Hall–Kier alpha value is -1.73. The fourth-order valence-corrected chi connectivity index (χ4v) is 2.91. The maximum Gasteiger partial charge on any atom is 0.101 e. The molecule has 0 aliphatic heterocycles. The third kappa shape index (κ3) is 2.15. The first kappa shape index (κ1) is 12.3. The summed E-state index contributed by atoms with van der Waals surface area (Å²) < 4.78 is 5.37. The predicted octanol–water partition coefficient (Wildman–Crippen LogP) is 5.38. The Morgan fingerprint density at radius 2 is 1.84 bits per heavy atom. The summed E-state index contributed by atoms with van der Waals surface area (Å²) in [4.78, 5) is 0. The summed E-state index contributed by atoms with van der Waals surface area (Å²) in [7, 11) is 0. The summed E-state index contributed by atoms with van der Waals surface area (Å²) in [5, 5.41) is 2.25. The van der Waals surface area contributed by atoms with Crippen molar-refractivity contribution >= 4 is 22.4 Å². The Morgan fingerprint density at radius 1 is 1.05 bits per heavy atom. The van der Waals surface area contributed by atoms with Crippen molar-refractivity contribution in [1.29, 1.82) is 0 Å². The first-order valence-corrected chi connectivity index (χ1v) is 6.78. The number of aryl methyl sites for hydroxylation is 2. The number of halogens is 1. The molecule has 1 atom stereocenters. The molecule has 0 aliphatic rings. The van der Waals surface area contributed by atoms with E-state index in [9.17, 15) is 0 Å². The van der Waals surface area contributed by atoms with Crippen LogP contribution in [0.3, 0.4) is 0 Å². The summed E-state index contributed by atoms with van der Waals surface area (Å²) in [6, 6.07) is 14.6. The molecule has 0 saturated heterocycles. The average molecular weight is 271 g/mol. The number of furan rings is 1. The van der Waals surface area contributed by atoms with E-state index in [1.165, 1.54) is 21.9 Å². The molecule has 1 unspecified atom stereocenters. The third-order valence-corrected chi connectivity index (χ3v) is 3.96. The van der Waals surface area contributed by atoms with Crippen molar-refractivity contribution in [1.82, 2.24) is 0 Å². The molecule has 2 aromatic carbocycles. The van der Waals surface area contributed by atoms with Crippen LogP contribution in [0.2, 0.25) is 0 Å². The van der Waals surface area contributed by atoms with Gasteiger partial charge in [0.15, 0.2) is 0 Å². The molecule has 0 spiro atoms. The first-order valence-electron chi connectivity index (χ1n) is 6.34. The molecule has 19 heavy (non-hydrogen) atoms. The lowest BCUT2D eigenvalue weighted by atomic mass is 9.95. The summed E-state index contributed by atoms with van der Waals surface area (Å²) >= 11 is 6.67. The second-order valence-corrected chi connectivity index (χ2v) is 5.31. The summed E-state index contributed by atoms with van der Waals surface area (Å²) in [6.07, 6.45) is 1.74. The van der Waals surface area contributed by atoms with E-state index in [0.29, 0.717) is 0 Å². The first-order chi connectivity index (χ1) is 9.16. The molecular weight excluding hydrogens is 256 g/mol. The smallest absolute Gasteiger partial charge is 0.101 e. The van der Waals surface area contributed by atoms with Crippen LogP contribution in [0.15, 0.2) is 53.1 Å². The van der Waals surface area contributed by atoms with Gasteiger partial charge in [0, 0.05) is 5.56 Å². The van der Waals surface area contributed by atoms with Crippen LogP contribution >= 0.6 is 11.6 Å². The Bertz CT molecular complexity index is 727. The van der Waals surface area contributed by atoms with E-state index in [2.05, 4.69) is 37.3 Å². The second kappa shape index (κ2) is 4.75. The largest absolute Gasteiger partial charge is 0.469 e. The Balaban J connectivity index is 2.21. The van der Waals surface area contributed by atoms with Gasteiger partial charge in [-0.2, -0.15) is 0 Å². The predicted molar refractivity (Wildman–Crippen MR) is 79.8 cm³/mol. The fraction of sp³-hybridized carbons (Fsp3) is 0.176. The summed E-state index contributed by atoms with van der Waals surface area (Å²) in [5.74, 6) is 0.888. The molecule has 2 heteroatoms. The minimum Gasteiger partial charge on any atom is -0.469 e. The highest BCUT2D eigenvalue weighted by atomic mass is 35.5. The van der Waals surface area contributed by atoms with Crippen molar-refractivity contribution in [3.63, 3.8) is 0 Å². The zero-order valence-electron chi connectivity index (χ0n) is 11.0. The Morgan fingerprint density at radius 3 is 2.58 bits per heavy atom. The van der Waals surface area contributed by atoms with E-state index < -0.39 is 0 Å². The van der Waals surface area contributed by atoms with Crippen LogP contribution in [-0.4, -0.2) is 0 Å². The number of hydrogen-bond donors (Lipinski definition) is 0. The van der Waals surface area contributed by atoms with Gasteiger partial charge in [0.2, 0.25) is 0 Å². The van der Waals surface area contributed by atoms with Crippen LogP contribution in [0.25, 0.3) is 10.8 Å². The van der Waals surface area contributed by atoms with E-state index in [4.69, 9.17) is 16.0 Å². The maximum atomic E-state index is 6.67. The van der Waals surface area contributed by atoms with Gasteiger partial charge in [-0.3, -0.25) is 0 Å². The van der Waals surface area contributed by atoms with Gasteiger partial charge in [0.1, 0.15) is 5.76 Å². The van der Waals surface area contributed by atoms with Crippen LogP contribution in [0.5, 0.6) is 0 Å². The quantitative estimate of drug-likeness (QED) is 0.570. The van der Waals surface area contributed by atoms with Crippen molar-refractivity contribution in [2.75, 3.05) is 0 Å². The molecular formula is C17H15ClO. The number of hydrogen-bond acceptors (Lipinski definition) is 1. The molecule has 0 radical (unpaired) electrons. The molecule has 0 fully saturated rings. The SMILES string of the molecule is Cc1cc(C(Cl)c2c(C)ccc3ccccc23)co1. The molecule has 0 amide bonds. The van der Waals surface area contributed by atoms with Crippen LogP contribution in [0.1, 0.15) is 27.8 Å². The highest BCUT2D eigenvalue weighted by molar-refractivity contribution is 6.23. The summed E-state index contributed by atoms with van der Waals surface area (Å²) in [6.45, 7) is 4.03. The highest BCUT2D eigenvalue weighted by Gasteiger charge is 2.17. The average Bonchev–Trinajstić information content (AvgIpc) is 2.85.